The van der Waals surface area contributed by atoms with Gasteiger partial charge < -0.3 is 0 Å². The molecule has 0 amide bonds. The summed E-state index contributed by atoms with van der Waals surface area (Å²) < 4.78 is 0. The predicted octanol–water partition coefficient (Wildman–Crippen LogP) is 4.32. The molecule has 1 atom stereocenters. The zero-order chi connectivity index (χ0) is 15.6. The maximum Gasteiger partial charge on any atom is 0.0501 e. The van der Waals surface area contributed by atoms with E-state index in [1.165, 1.54) is 22.3 Å². The number of hydrazine groups is 1. The van der Waals surface area contributed by atoms with Gasteiger partial charge in [0.1, 0.15) is 0 Å². The van der Waals surface area contributed by atoms with Crippen molar-refractivity contribution in [3.63, 3.8) is 0 Å². The molecular formula is C18H23ClN2. The largest absolute Gasteiger partial charge is 0.271 e. The van der Waals surface area contributed by atoms with E-state index in [0.29, 0.717) is 0 Å². The van der Waals surface area contributed by atoms with Gasteiger partial charge in [-0.2, -0.15) is 0 Å². The van der Waals surface area contributed by atoms with Crippen molar-refractivity contribution in [1.29, 1.82) is 0 Å². The third kappa shape index (κ3) is 3.85. The van der Waals surface area contributed by atoms with Gasteiger partial charge in [-0.05, 0) is 74.1 Å². The van der Waals surface area contributed by atoms with E-state index in [9.17, 15) is 0 Å². The number of aryl methyl sites for hydroxylation is 4. The summed E-state index contributed by atoms with van der Waals surface area (Å²) in [6, 6.07) is 10.6. The minimum absolute atomic E-state index is 0.0579. The second-order valence-corrected chi connectivity index (χ2v) is 6.30. The van der Waals surface area contributed by atoms with Crippen LogP contribution in [0.1, 0.15) is 39.4 Å². The minimum Gasteiger partial charge on any atom is -0.271 e. The Labute approximate surface area is 132 Å². The van der Waals surface area contributed by atoms with Crippen LogP contribution in [-0.2, 0) is 6.42 Å². The molecule has 1 unspecified atom stereocenters. The molecule has 0 saturated heterocycles. The SMILES string of the molecule is Cc1cc(Cl)cc(C(Cc2c(C)cc(C)cc2C)NN)c1. The first-order valence-electron chi connectivity index (χ1n) is 7.20. The van der Waals surface area contributed by atoms with E-state index in [1.54, 1.807) is 0 Å². The molecule has 0 aliphatic rings. The van der Waals surface area contributed by atoms with E-state index < -0.39 is 0 Å². The number of nitrogens with two attached hydrogens (primary N) is 1. The van der Waals surface area contributed by atoms with Gasteiger partial charge in [0.2, 0.25) is 0 Å². The molecule has 112 valence electrons. The smallest absolute Gasteiger partial charge is 0.0501 e. The van der Waals surface area contributed by atoms with Crippen LogP contribution in [0.5, 0.6) is 0 Å². The Morgan fingerprint density at radius 2 is 1.52 bits per heavy atom. The molecule has 0 fully saturated rings. The van der Waals surface area contributed by atoms with Gasteiger partial charge in [0.05, 0.1) is 6.04 Å². The van der Waals surface area contributed by atoms with Gasteiger partial charge in [-0.3, -0.25) is 11.3 Å². The molecular weight excluding hydrogens is 280 g/mol. The van der Waals surface area contributed by atoms with Crippen LogP contribution in [0.2, 0.25) is 5.02 Å². The van der Waals surface area contributed by atoms with E-state index in [0.717, 1.165) is 22.6 Å². The average Bonchev–Trinajstić information content (AvgIpc) is 2.36. The maximum atomic E-state index is 6.17. The molecule has 3 N–H and O–H groups in total. The summed E-state index contributed by atoms with van der Waals surface area (Å²) in [7, 11) is 0. The molecule has 0 bridgehead atoms. The van der Waals surface area contributed by atoms with E-state index in [-0.39, 0.29) is 6.04 Å². The number of benzene rings is 2. The molecule has 2 nitrogen and oxygen atoms in total. The van der Waals surface area contributed by atoms with Gasteiger partial charge >= 0.3 is 0 Å². The van der Waals surface area contributed by atoms with Crippen LogP contribution >= 0.6 is 11.6 Å². The highest BCUT2D eigenvalue weighted by Gasteiger charge is 2.15. The van der Waals surface area contributed by atoms with Crippen LogP contribution in [0.15, 0.2) is 30.3 Å². The molecule has 0 saturated carbocycles. The summed E-state index contributed by atoms with van der Waals surface area (Å²) >= 11 is 6.17. The zero-order valence-electron chi connectivity index (χ0n) is 13.1. The standard InChI is InChI=1S/C18H23ClN2/c1-11-5-13(3)17(14(4)6-11)10-18(21-20)15-7-12(2)8-16(19)9-15/h5-9,18,21H,10,20H2,1-4H3. The fourth-order valence-electron chi connectivity index (χ4n) is 2.97. The van der Waals surface area contributed by atoms with E-state index in [1.807, 2.05) is 19.1 Å². The quantitative estimate of drug-likeness (QED) is 0.652. The summed E-state index contributed by atoms with van der Waals surface area (Å²) in [5.74, 6) is 5.79. The molecule has 2 rings (SSSR count). The van der Waals surface area contributed by atoms with Crippen molar-refractivity contribution in [3.05, 3.63) is 68.7 Å². The van der Waals surface area contributed by atoms with Crippen molar-refractivity contribution in [2.24, 2.45) is 5.84 Å². The molecule has 0 aromatic heterocycles. The predicted molar refractivity (Wildman–Crippen MR) is 90.6 cm³/mol. The minimum atomic E-state index is 0.0579. The van der Waals surface area contributed by atoms with Crippen LogP contribution in [0.3, 0.4) is 0 Å². The average molecular weight is 303 g/mol. The van der Waals surface area contributed by atoms with E-state index in [4.69, 9.17) is 17.4 Å². The molecule has 0 radical (unpaired) electrons. The monoisotopic (exact) mass is 302 g/mol. The fourth-order valence-corrected chi connectivity index (χ4v) is 3.27. The zero-order valence-corrected chi connectivity index (χ0v) is 13.9. The van der Waals surface area contributed by atoms with Gasteiger partial charge in [-0.15, -0.1) is 0 Å². The first kappa shape index (κ1) is 16.0. The van der Waals surface area contributed by atoms with Crippen molar-refractivity contribution in [2.45, 2.75) is 40.2 Å². The molecule has 2 aromatic carbocycles. The van der Waals surface area contributed by atoms with Gasteiger partial charge in [0, 0.05) is 5.02 Å². The molecule has 0 heterocycles. The van der Waals surface area contributed by atoms with Crippen molar-refractivity contribution < 1.29 is 0 Å². The van der Waals surface area contributed by atoms with Crippen LogP contribution in [0.4, 0.5) is 0 Å². The van der Waals surface area contributed by atoms with Crippen LogP contribution < -0.4 is 11.3 Å². The molecule has 2 aromatic rings. The second kappa shape index (κ2) is 6.61. The third-order valence-electron chi connectivity index (χ3n) is 3.92. The lowest BCUT2D eigenvalue weighted by Crippen LogP contribution is -2.30. The molecule has 0 aliphatic carbocycles. The molecule has 0 spiro atoms. The maximum absolute atomic E-state index is 6.17. The Morgan fingerprint density at radius 3 is 2.05 bits per heavy atom. The number of hydrogen-bond donors (Lipinski definition) is 2. The molecule has 21 heavy (non-hydrogen) atoms. The van der Waals surface area contributed by atoms with Crippen molar-refractivity contribution in [3.8, 4) is 0 Å². The van der Waals surface area contributed by atoms with Crippen LogP contribution in [0, 0.1) is 27.7 Å². The summed E-state index contributed by atoms with van der Waals surface area (Å²) in [5.41, 5.74) is 10.5. The van der Waals surface area contributed by atoms with Gasteiger partial charge in [-0.1, -0.05) is 35.4 Å². The van der Waals surface area contributed by atoms with Gasteiger partial charge in [-0.25, -0.2) is 0 Å². The number of halogens is 1. The van der Waals surface area contributed by atoms with Crippen LogP contribution in [0.25, 0.3) is 0 Å². The highest BCUT2D eigenvalue weighted by molar-refractivity contribution is 6.30. The number of nitrogens with one attached hydrogen (secondary N) is 1. The topological polar surface area (TPSA) is 38.0 Å². The lowest BCUT2D eigenvalue weighted by atomic mass is 9.91. The fraction of sp³-hybridized carbons (Fsp3) is 0.333. The normalized spacial score (nSPS) is 12.5. The summed E-state index contributed by atoms with van der Waals surface area (Å²) in [4.78, 5) is 0. The summed E-state index contributed by atoms with van der Waals surface area (Å²) in [6.07, 6.45) is 0.855. The van der Waals surface area contributed by atoms with Crippen molar-refractivity contribution in [1.82, 2.24) is 5.43 Å². The third-order valence-corrected chi connectivity index (χ3v) is 4.13. The van der Waals surface area contributed by atoms with Gasteiger partial charge in [0.25, 0.3) is 0 Å². The highest BCUT2D eigenvalue weighted by Crippen LogP contribution is 2.26. The van der Waals surface area contributed by atoms with E-state index >= 15 is 0 Å². The van der Waals surface area contributed by atoms with Crippen molar-refractivity contribution >= 4 is 11.6 Å². The first-order chi connectivity index (χ1) is 9.90. The van der Waals surface area contributed by atoms with Crippen LogP contribution in [-0.4, -0.2) is 0 Å². The highest BCUT2D eigenvalue weighted by atomic mass is 35.5. The number of rotatable bonds is 4. The Kier molecular flexibility index (Phi) is 5.04. The van der Waals surface area contributed by atoms with Gasteiger partial charge in [0.15, 0.2) is 0 Å². The second-order valence-electron chi connectivity index (χ2n) is 5.86. The summed E-state index contributed by atoms with van der Waals surface area (Å²) in [6.45, 7) is 8.49. The summed E-state index contributed by atoms with van der Waals surface area (Å²) in [5, 5.41) is 0.752. The first-order valence-corrected chi connectivity index (χ1v) is 7.58. The lowest BCUT2D eigenvalue weighted by Gasteiger charge is -2.20. The molecule has 3 heteroatoms. The Hall–Kier alpha value is -1.35. The van der Waals surface area contributed by atoms with E-state index in [2.05, 4.69) is 44.4 Å². The Morgan fingerprint density at radius 1 is 0.952 bits per heavy atom. The molecule has 0 aliphatic heterocycles. The lowest BCUT2D eigenvalue weighted by molar-refractivity contribution is 0.549. The van der Waals surface area contributed by atoms with Crippen molar-refractivity contribution in [2.75, 3.05) is 0 Å². The number of hydrogen-bond acceptors (Lipinski definition) is 2. The Bertz CT molecular complexity index is 606. The Balaban J connectivity index is 2.35.